The van der Waals surface area contributed by atoms with Crippen LogP contribution in [0, 0.1) is 0 Å². The maximum Gasteiger partial charge on any atom is 0.243 e. The summed E-state index contributed by atoms with van der Waals surface area (Å²) >= 11 is 0. The number of rotatable bonds is 18. The van der Waals surface area contributed by atoms with Crippen molar-refractivity contribution >= 4 is 41.4 Å². The first kappa shape index (κ1) is 35.8. The van der Waals surface area contributed by atoms with Crippen LogP contribution in [0.2, 0.25) is 0 Å². The molecule has 4 atom stereocenters. The van der Waals surface area contributed by atoms with Gasteiger partial charge in [0.15, 0.2) is 0 Å². The quantitative estimate of drug-likeness (QED) is 0.0775. The molecule has 2 rings (SSSR count). The molecule has 7 amide bonds. The van der Waals surface area contributed by atoms with Gasteiger partial charge in [-0.05, 0) is 11.1 Å². The van der Waals surface area contributed by atoms with Gasteiger partial charge in [0.1, 0.15) is 24.2 Å². The van der Waals surface area contributed by atoms with E-state index in [4.69, 9.17) is 17.2 Å². The van der Waals surface area contributed by atoms with E-state index >= 15 is 0 Å². The molecule has 242 valence electrons. The fourth-order valence-corrected chi connectivity index (χ4v) is 3.95. The lowest BCUT2D eigenvalue weighted by Crippen LogP contribution is -2.57. The summed E-state index contributed by atoms with van der Waals surface area (Å²) in [5, 5.41) is 20.9. The zero-order chi connectivity index (χ0) is 33.4. The molecule has 0 spiro atoms. The second kappa shape index (κ2) is 18.3. The number of hydrogen-bond acceptors (Lipinski definition) is 9. The van der Waals surface area contributed by atoms with Crippen molar-refractivity contribution in [3.63, 3.8) is 0 Å². The summed E-state index contributed by atoms with van der Waals surface area (Å²) in [7, 11) is 0. The Morgan fingerprint density at radius 3 is 1.64 bits per heavy atom. The van der Waals surface area contributed by atoms with Crippen LogP contribution < -0.4 is 43.8 Å². The third kappa shape index (κ3) is 13.2. The highest BCUT2D eigenvalue weighted by molar-refractivity contribution is 5.96. The molecule has 0 bridgehead atoms. The lowest BCUT2D eigenvalue weighted by Gasteiger charge is -2.23. The fraction of sp³-hybridized carbons (Fsp3) is 0.345. The van der Waals surface area contributed by atoms with Crippen molar-refractivity contribution in [2.75, 3.05) is 19.7 Å². The molecule has 0 aliphatic heterocycles. The van der Waals surface area contributed by atoms with Gasteiger partial charge in [-0.1, -0.05) is 60.7 Å². The van der Waals surface area contributed by atoms with E-state index in [1.54, 1.807) is 60.7 Å². The van der Waals surface area contributed by atoms with Crippen molar-refractivity contribution in [1.82, 2.24) is 26.6 Å². The average Bonchev–Trinajstić information content (AvgIpc) is 3.01. The monoisotopic (exact) mass is 626 g/mol. The first-order valence-electron chi connectivity index (χ1n) is 13.9. The van der Waals surface area contributed by atoms with Gasteiger partial charge < -0.3 is 48.9 Å². The number of nitrogens with one attached hydrogen (secondary N) is 5. The first-order valence-corrected chi connectivity index (χ1v) is 13.9. The van der Waals surface area contributed by atoms with Gasteiger partial charge in [-0.15, -0.1) is 0 Å². The Balaban J connectivity index is 1.96. The van der Waals surface area contributed by atoms with Crippen LogP contribution in [0.3, 0.4) is 0 Å². The van der Waals surface area contributed by atoms with Crippen LogP contribution in [0.1, 0.15) is 17.5 Å². The molecule has 0 aliphatic rings. The van der Waals surface area contributed by atoms with Gasteiger partial charge in [0.05, 0.1) is 26.1 Å². The molecular formula is C29H38N8O8. The number of carbonyl (C=O) groups is 7. The number of carbonyl (C=O) groups excluding carboxylic acids is 7. The summed E-state index contributed by atoms with van der Waals surface area (Å²) in [6.07, 6.45) is -0.517. The van der Waals surface area contributed by atoms with Crippen molar-refractivity contribution in [3.8, 4) is 0 Å². The van der Waals surface area contributed by atoms with E-state index in [0.29, 0.717) is 5.56 Å². The van der Waals surface area contributed by atoms with Gasteiger partial charge in [-0.2, -0.15) is 0 Å². The third-order valence-corrected chi connectivity index (χ3v) is 6.32. The molecule has 0 heterocycles. The zero-order valence-electron chi connectivity index (χ0n) is 24.4. The number of benzene rings is 2. The standard InChI is InChI=1S/C29H38N8O8/c30-19(16-38)27(43)36-21(12-18-9-5-2-6-10-18)29(45)37-22(13-23(31)39)28(44)34-14-24(40)33-15-25(41)35-20(26(32)42)11-17-7-3-1-4-8-17/h1-10,19-22,38H,11-16,30H2,(H2,31,39)(H2,32,42)(H,33,40)(H,34,44)(H,35,41)(H,36,43)(H,37,45)/t19-,20-,21-,22-/m0/s1. The first-order chi connectivity index (χ1) is 21.4. The van der Waals surface area contributed by atoms with Crippen molar-refractivity contribution in [3.05, 3.63) is 71.8 Å². The highest BCUT2D eigenvalue weighted by Crippen LogP contribution is 2.06. The van der Waals surface area contributed by atoms with Crippen molar-refractivity contribution in [1.29, 1.82) is 0 Å². The van der Waals surface area contributed by atoms with Gasteiger partial charge in [-0.25, -0.2) is 0 Å². The molecule has 2 aromatic carbocycles. The van der Waals surface area contributed by atoms with E-state index in [-0.39, 0.29) is 12.8 Å². The molecule has 16 nitrogen and oxygen atoms in total. The molecule has 12 N–H and O–H groups in total. The van der Waals surface area contributed by atoms with Crippen LogP contribution >= 0.6 is 0 Å². The summed E-state index contributed by atoms with van der Waals surface area (Å²) in [4.78, 5) is 86.3. The summed E-state index contributed by atoms with van der Waals surface area (Å²) in [5.74, 6) is -5.85. The van der Waals surface area contributed by atoms with Gasteiger partial charge in [0.25, 0.3) is 0 Å². The van der Waals surface area contributed by atoms with Gasteiger partial charge in [0, 0.05) is 12.8 Å². The Bertz CT molecular complexity index is 1340. The van der Waals surface area contributed by atoms with E-state index in [1.165, 1.54) is 0 Å². The van der Waals surface area contributed by atoms with Gasteiger partial charge in [-0.3, -0.25) is 33.6 Å². The Morgan fingerprint density at radius 2 is 1.13 bits per heavy atom. The maximum absolute atomic E-state index is 13.1. The zero-order valence-corrected chi connectivity index (χ0v) is 24.4. The van der Waals surface area contributed by atoms with E-state index in [2.05, 4.69) is 26.6 Å². The van der Waals surface area contributed by atoms with Crippen molar-refractivity contribution in [2.24, 2.45) is 17.2 Å². The predicted octanol–water partition coefficient (Wildman–Crippen LogP) is -4.16. The number of primary amides is 2. The molecule has 16 heteroatoms. The van der Waals surface area contributed by atoms with Crippen molar-refractivity contribution in [2.45, 2.75) is 43.4 Å². The summed E-state index contributed by atoms with van der Waals surface area (Å²) < 4.78 is 0. The number of aliphatic hydroxyl groups excluding tert-OH is 1. The fourth-order valence-electron chi connectivity index (χ4n) is 3.95. The highest BCUT2D eigenvalue weighted by atomic mass is 16.3. The number of hydrogen-bond donors (Lipinski definition) is 9. The average molecular weight is 627 g/mol. The summed E-state index contributed by atoms with van der Waals surface area (Å²) in [5.41, 5.74) is 17.6. The van der Waals surface area contributed by atoms with Crippen LogP contribution in [-0.4, -0.2) is 90.3 Å². The van der Waals surface area contributed by atoms with E-state index in [9.17, 15) is 38.7 Å². The number of amides is 7. The second-order valence-electron chi connectivity index (χ2n) is 9.98. The molecule has 0 aliphatic carbocycles. The van der Waals surface area contributed by atoms with Crippen LogP contribution in [0.5, 0.6) is 0 Å². The summed E-state index contributed by atoms with van der Waals surface area (Å²) in [6.45, 7) is -1.86. The summed E-state index contributed by atoms with van der Waals surface area (Å²) in [6, 6.07) is 12.3. The van der Waals surface area contributed by atoms with Gasteiger partial charge >= 0.3 is 0 Å². The molecular weight excluding hydrogens is 588 g/mol. The normalized spacial score (nSPS) is 13.2. The molecule has 0 saturated heterocycles. The lowest BCUT2D eigenvalue weighted by atomic mass is 10.0. The minimum absolute atomic E-state index is 0.0199. The Morgan fingerprint density at radius 1 is 0.622 bits per heavy atom. The Hall–Kier alpha value is -5.35. The largest absolute Gasteiger partial charge is 0.394 e. The van der Waals surface area contributed by atoms with Crippen LogP contribution in [0.4, 0.5) is 0 Å². The molecule has 0 fully saturated rings. The van der Waals surface area contributed by atoms with Gasteiger partial charge in [0.2, 0.25) is 41.4 Å². The predicted molar refractivity (Wildman–Crippen MR) is 160 cm³/mol. The van der Waals surface area contributed by atoms with Crippen LogP contribution in [-0.2, 0) is 46.4 Å². The number of nitrogens with two attached hydrogens (primary N) is 3. The highest BCUT2D eigenvalue weighted by Gasteiger charge is 2.29. The van der Waals surface area contributed by atoms with Crippen LogP contribution in [0.25, 0.3) is 0 Å². The van der Waals surface area contributed by atoms with Crippen LogP contribution in [0.15, 0.2) is 60.7 Å². The SMILES string of the molecule is NC(=O)C[C@H](NC(=O)[C@H](Cc1ccccc1)NC(=O)[C@@H](N)CO)C(=O)NCC(=O)NCC(=O)N[C@@H](Cc1ccccc1)C(N)=O. The minimum atomic E-state index is -1.53. The Kier molecular flexibility index (Phi) is 14.6. The number of aliphatic hydroxyl groups is 1. The molecule has 0 saturated carbocycles. The van der Waals surface area contributed by atoms with E-state index < -0.39 is 91.6 Å². The molecule has 0 radical (unpaired) electrons. The lowest BCUT2D eigenvalue weighted by molar-refractivity contribution is -0.134. The molecule has 0 aromatic heterocycles. The smallest absolute Gasteiger partial charge is 0.243 e. The van der Waals surface area contributed by atoms with Crippen molar-refractivity contribution < 1.29 is 38.7 Å². The topological polar surface area (TPSA) is 278 Å². The van der Waals surface area contributed by atoms with E-state index in [1.807, 2.05) is 0 Å². The Labute approximate surface area is 258 Å². The maximum atomic E-state index is 13.1. The second-order valence-corrected chi connectivity index (χ2v) is 9.98. The molecule has 0 unspecified atom stereocenters. The third-order valence-electron chi connectivity index (χ3n) is 6.32. The molecule has 45 heavy (non-hydrogen) atoms. The molecule has 2 aromatic rings. The minimum Gasteiger partial charge on any atom is -0.394 e. The van der Waals surface area contributed by atoms with E-state index in [0.717, 1.165) is 5.56 Å².